The Labute approximate surface area is 328 Å². The summed E-state index contributed by atoms with van der Waals surface area (Å²) < 4.78 is 29.6. The van der Waals surface area contributed by atoms with Gasteiger partial charge in [0.2, 0.25) is 12.0 Å². The average molecular weight is 801 g/mol. The number of carboxylic acid groups (broad SMARTS) is 1. The summed E-state index contributed by atoms with van der Waals surface area (Å²) in [7, 11) is 0. The molecule has 2 aromatic heterocycles. The van der Waals surface area contributed by atoms with Crippen LogP contribution in [-0.2, 0) is 16.1 Å². The summed E-state index contributed by atoms with van der Waals surface area (Å²) in [5, 5.41) is 83.5. The van der Waals surface area contributed by atoms with Crippen molar-refractivity contribution in [1.82, 2.24) is 15.6 Å². The van der Waals surface area contributed by atoms with E-state index in [0.717, 1.165) is 12.1 Å². The van der Waals surface area contributed by atoms with Crippen LogP contribution in [0, 0.1) is 5.92 Å². The molecule has 2 saturated heterocycles. The van der Waals surface area contributed by atoms with Crippen molar-refractivity contribution in [3.8, 4) is 40.1 Å². The van der Waals surface area contributed by atoms with E-state index in [1.54, 1.807) is 48.5 Å². The number of fused-ring (bicyclic) bond motifs is 3. The molecular weight excluding hydrogens is 760 g/mol. The molecule has 18 heteroatoms. The molecule has 8 rings (SSSR count). The van der Waals surface area contributed by atoms with Crippen LogP contribution in [0.2, 0.25) is 0 Å². The molecule has 5 aromatic rings. The van der Waals surface area contributed by atoms with Crippen molar-refractivity contribution in [3.05, 3.63) is 106 Å². The van der Waals surface area contributed by atoms with Gasteiger partial charge in [-0.05, 0) is 60.2 Å². The zero-order valence-electron chi connectivity index (χ0n) is 30.4. The first-order chi connectivity index (χ1) is 27.8. The normalized spacial score (nSPS) is 27.0. The first kappa shape index (κ1) is 38.7. The van der Waals surface area contributed by atoms with Crippen LogP contribution in [0.25, 0.3) is 22.3 Å². The van der Waals surface area contributed by atoms with Gasteiger partial charge in [0.1, 0.15) is 65.1 Å². The Balaban J connectivity index is 1.15. The molecule has 0 radical (unpaired) electrons. The standard InChI is InChI=1S/C40H40N4O14/c41-31-9-8-24(44-31)27(47)17-54-22-6-4-20(5-7-22)28-13-26(46)32-29(56-28)14-30(34(33(32)48)55-16-19-2-1-3-21(45)12-19)57-38-39(52)11-10-23(25-15-42-18-43-25)40(53,37(39)51)35(58-38)36(49)50/h1-14,23,25,27,35,37-38,42-45,47-48,51-53H,15-18,41H2,(H,49,50). The quantitative estimate of drug-likeness (QED) is 0.0790. The number of anilines is 1. The molecule has 1 aliphatic carbocycles. The molecule has 4 heterocycles. The number of rotatable bonds is 12. The molecule has 304 valence electrons. The van der Waals surface area contributed by atoms with Crippen molar-refractivity contribution >= 4 is 22.8 Å². The number of aromatic amines is 1. The van der Waals surface area contributed by atoms with E-state index >= 15 is 0 Å². The van der Waals surface area contributed by atoms with Crippen molar-refractivity contribution in [1.29, 1.82) is 0 Å². The van der Waals surface area contributed by atoms with Gasteiger partial charge in [-0.1, -0.05) is 18.2 Å². The highest BCUT2D eigenvalue weighted by molar-refractivity contribution is 5.89. The fourth-order valence-corrected chi connectivity index (χ4v) is 7.67. The first-order valence-electron chi connectivity index (χ1n) is 18.2. The van der Waals surface area contributed by atoms with Gasteiger partial charge in [-0.15, -0.1) is 0 Å². The topological polar surface area (TPSA) is 292 Å². The second kappa shape index (κ2) is 15.0. The van der Waals surface area contributed by atoms with E-state index in [2.05, 4.69) is 15.6 Å². The van der Waals surface area contributed by atoms with Crippen molar-refractivity contribution < 1.29 is 63.9 Å². The van der Waals surface area contributed by atoms with Gasteiger partial charge in [0.05, 0.1) is 0 Å². The van der Waals surface area contributed by atoms with Gasteiger partial charge in [-0.3, -0.25) is 10.1 Å². The molecule has 0 amide bonds. The lowest BCUT2D eigenvalue weighted by molar-refractivity contribution is -0.342. The zero-order valence-corrected chi connectivity index (χ0v) is 30.4. The number of aromatic hydroxyl groups is 2. The number of H-pyrrole nitrogens is 1. The van der Waals surface area contributed by atoms with E-state index in [-0.39, 0.29) is 35.7 Å². The number of hydrogen-bond donors (Lipinski definition) is 11. The van der Waals surface area contributed by atoms with Gasteiger partial charge >= 0.3 is 5.97 Å². The van der Waals surface area contributed by atoms with Crippen LogP contribution in [0.15, 0.2) is 94.2 Å². The molecular formula is C40H40N4O14. The molecule has 58 heavy (non-hydrogen) atoms. The Kier molecular flexibility index (Phi) is 10.0. The maximum atomic E-state index is 13.7. The molecule has 3 aromatic carbocycles. The predicted molar refractivity (Wildman–Crippen MR) is 203 cm³/mol. The van der Waals surface area contributed by atoms with Crippen molar-refractivity contribution in [3.63, 3.8) is 0 Å². The number of benzene rings is 3. The maximum absolute atomic E-state index is 13.7. The van der Waals surface area contributed by atoms with Crippen molar-refractivity contribution in [2.75, 3.05) is 25.6 Å². The predicted octanol–water partition coefficient (Wildman–Crippen LogP) is 1.19. The van der Waals surface area contributed by atoms with Crippen molar-refractivity contribution in [2.24, 2.45) is 5.92 Å². The van der Waals surface area contributed by atoms with Crippen LogP contribution in [0.3, 0.4) is 0 Å². The fourth-order valence-electron chi connectivity index (χ4n) is 7.67. The minimum absolute atomic E-state index is 0.0555. The second-order valence-corrected chi connectivity index (χ2v) is 14.4. The van der Waals surface area contributed by atoms with Gasteiger partial charge < -0.3 is 75.1 Å². The van der Waals surface area contributed by atoms with E-state index in [9.17, 15) is 45.3 Å². The lowest BCUT2D eigenvalue weighted by Crippen LogP contribution is -2.79. The molecule has 18 nitrogen and oxygen atoms in total. The molecule has 12 N–H and O–H groups in total. The minimum Gasteiger partial charge on any atom is -0.508 e. The number of aliphatic hydroxyl groups excluding tert-OH is 2. The SMILES string of the molecule is Nc1ccc(C(O)COc2ccc(-c3cc(=O)c4c(O)c(OCc5cccc(O)c5)c(OC5OC(C(=O)O)C6(O)C(C7CNCN7)C=CC5(O)C6O)cc4o3)cc2)[nH]1. The summed E-state index contributed by atoms with van der Waals surface area (Å²) in [6.07, 6.45) is -4.74. The number of carboxylic acids is 1. The monoisotopic (exact) mass is 800 g/mol. The molecule has 2 aliphatic heterocycles. The Morgan fingerprint density at radius 2 is 1.83 bits per heavy atom. The third-order valence-corrected chi connectivity index (χ3v) is 10.6. The van der Waals surface area contributed by atoms with Crippen LogP contribution in [0.4, 0.5) is 5.82 Å². The Morgan fingerprint density at radius 3 is 2.52 bits per heavy atom. The number of aliphatic hydroxyl groups is 4. The van der Waals surface area contributed by atoms with E-state index in [1.807, 2.05) is 0 Å². The van der Waals surface area contributed by atoms with E-state index in [4.69, 9.17) is 29.1 Å². The number of phenolic OH excluding ortho intramolecular Hbond substituents is 2. The van der Waals surface area contributed by atoms with Gasteiger partial charge in [0.25, 0.3) is 0 Å². The first-order valence-corrected chi connectivity index (χ1v) is 18.2. The van der Waals surface area contributed by atoms with Crippen LogP contribution in [0.5, 0.6) is 28.7 Å². The van der Waals surface area contributed by atoms with Gasteiger partial charge in [0, 0.05) is 48.6 Å². The Morgan fingerprint density at radius 1 is 1.03 bits per heavy atom. The number of carbonyl (C=O) groups is 1. The zero-order chi connectivity index (χ0) is 40.9. The van der Waals surface area contributed by atoms with Crippen molar-refractivity contribution in [2.45, 2.75) is 48.5 Å². The Hall–Kier alpha value is -6.12. The van der Waals surface area contributed by atoms with Crippen LogP contribution < -0.4 is 36.0 Å². The number of phenols is 2. The highest BCUT2D eigenvalue weighted by Gasteiger charge is 2.70. The lowest BCUT2D eigenvalue weighted by atomic mass is 9.63. The van der Waals surface area contributed by atoms with Crippen LogP contribution >= 0.6 is 0 Å². The molecule has 0 spiro atoms. The summed E-state index contributed by atoms with van der Waals surface area (Å²) in [6, 6.07) is 17.4. The minimum atomic E-state index is -2.55. The number of ether oxygens (including phenoxy) is 4. The number of nitrogens with two attached hydrogens (primary N) is 1. The summed E-state index contributed by atoms with van der Waals surface area (Å²) in [4.78, 5) is 29.1. The van der Waals surface area contributed by atoms with Gasteiger partial charge in [-0.25, -0.2) is 4.79 Å². The van der Waals surface area contributed by atoms with Crippen LogP contribution in [-0.4, -0.2) is 102 Å². The van der Waals surface area contributed by atoms with Gasteiger partial charge in [0.15, 0.2) is 28.6 Å². The molecule has 2 fully saturated rings. The summed E-state index contributed by atoms with van der Waals surface area (Å²) >= 11 is 0. The number of nitrogens with one attached hydrogen (secondary N) is 3. The highest BCUT2D eigenvalue weighted by Crippen LogP contribution is 2.50. The molecule has 3 aliphatic rings. The summed E-state index contributed by atoms with van der Waals surface area (Å²) in [5.41, 5.74) is 1.04. The van der Waals surface area contributed by atoms with Crippen LogP contribution in [0.1, 0.15) is 17.4 Å². The summed E-state index contributed by atoms with van der Waals surface area (Å²) in [5.74, 6) is -3.50. The second-order valence-electron chi connectivity index (χ2n) is 14.4. The number of aromatic nitrogens is 1. The summed E-state index contributed by atoms with van der Waals surface area (Å²) in [6.45, 7) is 0.320. The molecule has 8 unspecified atom stereocenters. The fraction of sp³-hybridized carbons (Fsp3) is 0.300. The van der Waals surface area contributed by atoms with E-state index in [1.165, 1.54) is 24.3 Å². The molecule has 2 bridgehead atoms. The highest BCUT2D eigenvalue weighted by atomic mass is 16.7. The molecule has 8 atom stereocenters. The largest absolute Gasteiger partial charge is 0.508 e. The number of hydrogen-bond acceptors (Lipinski definition) is 16. The lowest BCUT2D eigenvalue weighted by Gasteiger charge is -2.56. The van der Waals surface area contributed by atoms with E-state index < -0.39 is 76.4 Å². The van der Waals surface area contributed by atoms with E-state index in [0.29, 0.717) is 41.6 Å². The number of aliphatic carboxylic acids is 1. The third-order valence-electron chi connectivity index (χ3n) is 10.6. The Bertz CT molecular complexity index is 2430. The van der Waals surface area contributed by atoms with Gasteiger partial charge in [-0.2, -0.15) is 0 Å². The number of nitrogen functional groups attached to an aromatic ring is 1. The third kappa shape index (κ3) is 6.85. The molecule has 0 saturated carbocycles. The average Bonchev–Trinajstić information content (AvgIpc) is 3.89. The maximum Gasteiger partial charge on any atom is 0.336 e. The smallest absolute Gasteiger partial charge is 0.336 e.